The van der Waals surface area contributed by atoms with Crippen LogP contribution in [0.25, 0.3) is 10.9 Å². The van der Waals surface area contributed by atoms with E-state index in [1.807, 2.05) is 42.5 Å². The number of fused-ring (bicyclic) bond motifs is 1. The topological polar surface area (TPSA) is 110 Å². The van der Waals surface area contributed by atoms with Gasteiger partial charge in [0, 0.05) is 30.9 Å². The number of ether oxygens (including phenoxy) is 2. The number of halogens is 1. The average molecular weight is 520 g/mol. The van der Waals surface area contributed by atoms with Gasteiger partial charge in [0.1, 0.15) is 30.3 Å². The fourth-order valence-electron chi connectivity index (χ4n) is 4.34. The molecule has 2 N–H and O–H groups in total. The maximum absolute atomic E-state index is 11.4. The molecule has 0 spiro atoms. The van der Waals surface area contributed by atoms with Crippen molar-refractivity contribution < 1.29 is 19.4 Å². The minimum absolute atomic E-state index is 0.124. The van der Waals surface area contributed by atoms with E-state index in [1.54, 1.807) is 18.3 Å². The van der Waals surface area contributed by atoms with Crippen molar-refractivity contribution in [3.05, 3.63) is 77.8 Å². The Labute approximate surface area is 219 Å². The first kappa shape index (κ1) is 24.6. The first-order valence-electron chi connectivity index (χ1n) is 12.0. The Kier molecular flexibility index (Phi) is 7.51. The molecule has 0 saturated carbocycles. The first-order chi connectivity index (χ1) is 18.1. The number of hydrogen-bond donors (Lipinski definition) is 2. The van der Waals surface area contributed by atoms with Gasteiger partial charge in [0.15, 0.2) is 0 Å². The molecule has 4 aromatic rings. The van der Waals surface area contributed by atoms with Crippen molar-refractivity contribution in [2.24, 2.45) is 5.92 Å². The molecular weight excluding hydrogens is 494 g/mol. The molecule has 1 amide bonds. The van der Waals surface area contributed by atoms with E-state index in [4.69, 9.17) is 21.1 Å². The Morgan fingerprint density at radius 2 is 2.00 bits per heavy atom. The van der Waals surface area contributed by atoms with Crippen LogP contribution >= 0.6 is 11.6 Å². The highest BCUT2D eigenvalue weighted by molar-refractivity contribution is 6.32. The predicted molar refractivity (Wildman–Crippen MR) is 141 cm³/mol. The molecule has 0 bridgehead atoms. The number of hydrogen-bond acceptors (Lipinski definition) is 7. The van der Waals surface area contributed by atoms with Crippen LogP contribution in [0.5, 0.6) is 11.5 Å². The van der Waals surface area contributed by atoms with Crippen LogP contribution in [-0.2, 0) is 6.61 Å². The zero-order valence-corrected chi connectivity index (χ0v) is 20.8. The van der Waals surface area contributed by atoms with Crippen LogP contribution in [0.1, 0.15) is 18.5 Å². The monoisotopic (exact) mass is 519 g/mol. The Morgan fingerprint density at radius 3 is 2.81 bits per heavy atom. The van der Waals surface area contributed by atoms with Crippen molar-refractivity contribution >= 4 is 40.1 Å². The lowest BCUT2D eigenvalue weighted by molar-refractivity contribution is 0.105. The van der Waals surface area contributed by atoms with Crippen molar-refractivity contribution in [1.29, 1.82) is 0 Å². The summed E-state index contributed by atoms with van der Waals surface area (Å²) in [5, 5.41) is 13.8. The molecule has 2 aromatic heterocycles. The second-order valence-corrected chi connectivity index (χ2v) is 9.21. The van der Waals surface area contributed by atoms with E-state index in [2.05, 4.69) is 20.3 Å². The minimum Gasteiger partial charge on any atom is -0.492 e. The largest absolute Gasteiger partial charge is 0.492 e. The normalized spacial score (nSPS) is 15.4. The summed E-state index contributed by atoms with van der Waals surface area (Å²) in [5.74, 6) is 1.89. The highest BCUT2D eigenvalue weighted by Crippen LogP contribution is 2.34. The number of amides is 1. The fraction of sp³-hybridized carbons (Fsp3) is 0.259. The summed E-state index contributed by atoms with van der Waals surface area (Å²) in [6.07, 6.45) is 4.07. The Morgan fingerprint density at radius 1 is 1.08 bits per heavy atom. The highest BCUT2D eigenvalue weighted by atomic mass is 35.5. The molecular formula is C27H26ClN5O4. The van der Waals surface area contributed by atoms with Crippen molar-refractivity contribution in [1.82, 2.24) is 19.9 Å². The molecule has 5 rings (SSSR count). The van der Waals surface area contributed by atoms with Gasteiger partial charge in [0.25, 0.3) is 0 Å². The van der Waals surface area contributed by atoms with Crippen molar-refractivity contribution in [3.63, 3.8) is 0 Å². The van der Waals surface area contributed by atoms with E-state index in [0.29, 0.717) is 48.6 Å². The summed E-state index contributed by atoms with van der Waals surface area (Å²) >= 11 is 6.49. The van der Waals surface area contributed by atoms with Crippen LogP contribution < -0.4 is 14.8 Å². The number of anilines is 2. The number of nitrogens with zero attached hydrogens (tertiary/aromatic N) is 4. The Balaban J connectivity index is 1.31. The van der Waals surface area contributed by atoms with Gasteiger partial charge < -0.3 is 24.8 Å². The third kappa shape index (κ3) is 6.00. The first-order valence-corrected chi connectivity index (χ1v) is 12.4. The van der Waals surface area contributed by atoms with Gasteiger partial charge in [0.05, 0.1) is 28.2 Å². The number of carboxylic acid groups (broad SMARTS) is 1. The smallest absolute Gasteiger partial charge is 0.407 e. The SMILES string of the molecule is O=C(O)N1CCC[C@H](COc2cccc3ncnc(Nc4ccc(OCc5ccccn5)c(Cl)c4)c23)C1. The number of likely N-dealkylation sites (tertiary alicyclic amines) is 1. The lowest BCUT2D eigenvalue weighted by Crippen LogP contribution is -2.40. The summed E-state index contributed by atoms with van der Waals surface area (Å²) < 4.78 is 12.0. The summed E-state index contributed by atoms with van der Waals surface area (Å²) in [6.45, 7) is 1.76. The molecule has 0 radical (unpaired) electrons. The Bertz CT molecular complexity index is 1380. The molecule has 1 atom stereocenters. The quantitative estimate of drug-likeness (QED) is 0.302. The van der Waals surface area contributed by atoms with Gasteiger partial charge >= 0.3 is 6.09 Å². The van der Waals surface area contributed by atoms with E-state index >= 15 is 0 Å². The van der Waals surface area contributed by atoms with Crippen molar-refractivity contribution in [2.45, 2.75) is 19.4 Å². The van der Waals surface area contributed by atoms with E-state index in [1.165, 1.54) is 11.2 Å². The molecule has 2 aromatic carbocycles. The zero-order chi connectivity index (χ0) is 25.6. The summed E-state index contributed by atoms with van der Waals surface area (Å²) in [6, 6.07) is 16.7. The van der Waals surface area contributed by atoms with E-state index in [-0.39, 0.29) is 5.92 Å². The third-order valence-corrected chi connectivity index (χ3v) is 6.48. The van der Waals surface area contributed by atoms with Crippen LogP contribution in [0.3, 0.4) is 0 Å². The van der Waals surface area contributed by atoms with E-state index < -0.39 is 6.09 Å². The van der Waals surface area contributed by atoms with Gasteiger partial charge in [0.2, 0.25) is 0 Å². The van der Waals surface area contributed by atoms with Gasteiger partial charge in [-0.2, -0.15) is 0 Å². The molecule has 1 saturated heterocycles. The number of pyridine rings is 1. The minimum atomic E-state index is -0.887. The number of carbonyl (C=O) groups is 1. The van der Waals surface area contributed by atoms with Gasteiger partial charge in [-0.25, -0.2) is 14.8 Å². The second-order valence-electron chi connectivity index (χ2n) is 8.80. The van der Waals surface area contributed by atoms with Gasteiger partial charge in [-0.15, -0.1) is 0 Å². The number of aromatic nitrogens is 3. The third-order valence-electron chi connectivity index (χ3n) is 6.19. The van der Waals surface area contributed by atoms with Gasteiger partial charge in [-0.05, 0) is 55.3 Å². The molecule has 190 valence electrons. The lowest BCUT2D eigenvalue weighted by Gasteiger charge is -2.30. The molecule has 0 aliphatic carbocycles. The van der Waals surface area contributed by atoms with Crippen LogP contribution in [0.2, 0.25) is 5.02 Å². The van der Waals surface area contributed by atoms with E-state index in [9.17, 15) is 9.90 Å². The molecule has 1 aliphatic rings. The van der Waals surface area contributed by atoms with Gasteiger partial charge in [-0.1, -0.05) is 23.7 Å². The van der Waals surface area contributed by atoms with Gasteiger partial charge in [-0.3, -0.25) is 4.98 Å². The molecule has 9 nitrogen and oxygen atoms in total. The van der Waals surface area contributed by atoms with Crippen LogP contribution in [-0.4, -0.2) is 50.7 Å². The average Bonchev–Trinajstić information content (AvgIpc) is 2.92. The number of nitrogens with one attached hydrogen (secondary N) is 1. The maximum atomic E-state index is 11.4. The molecule has 10 heteroatoms. The summed E-state index contributed by atoms with van der Waals surface area (Å²) in [4.78, 5) is 25.9. The molecule has 1 aliphatic heterocycles. The summed E-state index contributed by atoms with van der Waals surface area (Å²) in [7, 11) is 0. The maximum Gasteiger partial charge on any atom is 0.407 e. The van der Waals surface area contributed by atoms with Crippen LogP contribution in [0.4, 0.5) is 16.3 Å². The van der Waals surface area contributed by atoms with Crippen molar-refractivity contribution in [2.75, 3.05) is 25.0 Å². The molecule has 1 fully saturated rings. The van der Waals surface area contributed by atoms with Crippen LogP contribution in [0.15, 0.2) is 67.1 Å². The standard InChI is InChI=1S/C27H26ClN5O4/c28-21-13-19(9-10-23(21)37-16-20-6-1-2-11-29-20)32-26-25-22(30-17-31-26)7-3-8-24(25)36-15-18-5-4-12-33(14-18)27(34)35/h1-3,6-11,13,17-18H,4-5,12,14-16H2,(H,34,35)(H,30,31,32)/t18-/m0/s1. The number of benzene rings is 2. The Hall–Kier alpha value is -4.11. The predicted octanol–water partition coefficient (Wildman–Crippen LogP) is 5.77. The van der Waals surface area contributed by atoms with Crippen molar-refractivity contribution in [3.8, 4) is 11.5 Å². The summed E-state index contributed by atoms with van der Waals surface area (Å²) in [5.41, 5.74) is 2.27. The fourth-order valence-corrected chi connectivity index (χ4v) is 4.58. The lowest BCUT2D eigenvalue weighted by atomic mass is 9.99. The number of piperidine rings is 1. The number of rotatable bonds is 8. The van der Waals surface area contributed by atoms with E-state index in [0.717, 1.165) is 35.1 Å². The molecule has 3 heterocycles. The molecule has 0 unspecified atom stereocenters. The highest BCUT2D eigenvalue weighted by Gasteiger charge is 2.24. The zero-order valence-electron chi connectivity index (χ0n) is 20.0. The van der Waals surface area contributed by atoms with Crippen LogP contribution in [0, 0.1) is 5.92 Å². The second kappa shape index (κ2) is 11.3. The molecule has 37 heavy (non-hydrogen) atoms.